The molecular formula is C16H32N2O. The van der Waals surface area contributed by atoms with Crippen molar-refractivity contribution in [3.63, 3.8) is 0 Å². The Labute approximate surface area is 118 Å². The lowest BCUT2D eigenvalue weighted by atomic mass is 9.98. The van der Waals surface area contributed by atoms with E-state index in [1.54, 1.807) is 0 Å². The fourth-order valence-electron chi connectivity index (χ4n) is 3.43. The highest BCUT2D eigenvalue weighted by Crippen LogP contribution is 2.25. The zero-order valence-electron chi connectivity index (χ0n) is 12.8. The summed E-state index contributed by atoms with van der Waals surface area (Å²) >= 11 is 0. The van der Waals surface area contributed by atoms with Crippen LogP contribution in [-0.2, 0) is 4.74 Å². The molecule has 0 radical (unpaired) electrons. The molecule has 2 fully saturated rings. The SMILES string of the molecule is CC(C)CCN(CC(N)C1CCOC1)C1CCCC1. The largest absolute Gasteiger partial charge is 0.381 e. The van der Waals surface area contributed by atoms with Crippen LogP contribution in [0.2, 0.25) is 0 Å². The second kappa shape index (κ2) is 7.61. The second-order valence-electron chi connectivity index (χ2n) is 6.90. The van der Waals surface area contributed by atoms with E-state index in [1.165, 1.54) is 38.6 Å². The van der Waals surface area contributed by atoms with Crippen LogP contribution < -0.4 is 5.73 Å². The van der Waals surface area contributed by atoms with Gasteiger partial charge in [-0.25, -0.2) is 0 Å². The summed E-state index contributed by atoms with van der Waals surface area (Å²) in [6, 6.07) is 1.10. The predicted molar refractivity (Wildman–Crippen MR) is 80.2 cm³/mol. The van der Waals surface area contributed by atoms with E-state index in [4.69, 9.17) is 10.5 Å². The molecule has 0 amide bonds. The van der Waals surface area contributed by atoms with Gasteiger partial charge >= 0.3 is 0 Å². The van der Waals surface area contributed by atoms with Crippen molar-refractivity contribution in [3.8, 4) is 0 Å². The Morgan fingerprint density at radius 2 is 1.95 bits per heavy atom. The van der Waals surface area contributed by atoms with Crippen LogP contribution in [0.25, 0.3) is 0 Å². The van der Waals surface area contributed by atoms with Crippen LogP contribution in [0.1, 0.15) is 52.4 Å². The number of rotatable bonds is 7. The van der Waals surface area contributed by atoms with E-state index in [0.29, 0.717) is 12.0 Å². The van der Waals surface area contributed by atoms with Crippen LogP contribution in [0.5, 0.6) is 0 Å². The van der Waals surface area contributed by atoms with Crippen LogP contribution in [0.3, 0.4) is 0 Å². The maximum atomic E-state index is 6.43. The minimum Gasteiger partial charge on any atom is -0.381 e. The first-order chi connectivity index (χ1) is 9.16. The first-order valence-electron chi connectivity index (χ1n) is 8.24. The van der Waals surface area contributed by atoms with Crippen molar-refractivity contribution in [3.05, 3.63) is 0 Å². The van der Waals surface area contributed by atoms with Crippen LogP contribution >= 0.6 is 0 Å². The molecule has 112 valence electrons. The molecule has 2 aliphatic rings. The molecule has 1 saturated carbocycles. The molecule has 2 unspecified atom stereocenters. The molecule has 0 bridgehead atoms. The summed E-state index contributed by atoms with van der Waals surface area (Å²) in [7, 11) is 0. The molecule has 2 N–H and O–H groups in total. The number of hydrogen-bond donors (Lipinski definition) is 1. The quantitative estimate of drug-likeness (QED) is 0.771. The smallest absolute Gasteiger partial charge is 0.0510 e. The van der Waals surface area contributed by atoms with E-state index in [0.717, 1.165) is 38.1 Å². The Morgan fingerprint density at radius 1 is 1.21 bits per heavy atom. The molecule has 1 aliphatic heterocycles. The van der Waals surface area contributed by atoms with Gasteiger partial charge in [-0.2, -0.15) is 0 Å². The molecule has 1 heterocycles. The highest BCUT2D eigenvalue weighted by molar-refractivity contribution is 4.84. The van der Waals surface area contributed by atoms with Gasteiger partial charge in [-0.05, 0) is 38.1 Å². The Balaban J connectivity index is 1.84. The van der Waals surface area contributed by atoms with Crippen molar-refractivity contribution in [1.82, 2.24) is 4.90 Å². The van der Waals surface area contributed by atoms with Gasteiger partial charge in [-0.15, -0.1) is 0 Å². The van der Waals surface area contributed by atoms with E-state index in [9.17, 15) is 0 Å². The molecule has 19 heavy (non-hydrogen) atoms. The van der Waals surface area contributed by atoms with Crippen LogP contribution in [0.15, 0.2) is 0 Å². The van der Waals surface area contributed by atoms with Crippen molar-refractivity contribution in [1.29, 1.82) is 0 Å². The number of ether oxygens (including phenoxy) is 1. The van der Waals surface area contributed by atoms with Gasteiger partial charge in [0.2, 0.25) is 0 Å². The molecule has 0 aromatic carbocycles. The first-order valence-corrected chi connectivity index (χ1v) is 8.24. The van der Waals surface area contributed by atoms with Gasteiger partial charge in [-0.1, -0.05) is 26.7 Å². The van der Waals surface area contributed by atoms with Gasteiger partial charge < -0.3 is 10.5 Å². The van der Waals surface area contributed by atoms with E-state index in [2.05, 4.69) is 18.7 Å². The van der Waals surface area contributed by atoms with E-state index >= 15 is 0 Å². The fraction of sp³-hybridized carbons (Fsp3) is 1.00. The van der Waals surface area contributed by atoms with Gasteiger partial charge in [0.05, 0.1) is 6.61 Å². The van der Waals surface area contributed by atoms with Gasteiger partial charge in [0.25, 0.3) is 0 Å². The van der Waals surface area contributed by atoms with Crippen molar-refractivity contribution >= 4 is 0 Å². The zero-order valence-corrected chi connectivity index (χ0v) is 12.8. The Bertz CT molecular complexity index is 245. The van der Waals surface area contributed by atoms with Crippen LogP contribution in [-0.4, -0.2) is 43.3 Å². The summed E-state index contributed by atoms with van der Waals surface area (Å²) in [5.74, 6) is 1.37. The van der Waals surface area contributed by atoms with Crippen molar-refractivity contribution in [2.24, 2.45) is 17.6 Å². The lowest BCUT2D eigenvalue weighted by molar-refractivity contribution is 0.146. The molecule has 2 rings (SSSR count). The third-order valence-electron chi connectivity index (χ3n) is 4.85. The van der Waals surface area contributed by atoms with Crippen LogP contribution in [0.4, 0.5) is 0 Å². The first kappa shape index (κ1) is 15.3. The number of hydrogen-bond acceptors (Lipinski definition) is 3. The summed E-state index contributed by atoms with van der Waals surface area (Å²) in [5, 5.41) is 0. The van der Waals surface area contributed by atoms with E-state index < -0.39 is 0 Å². The van der Waals surface area contributed by atoms with Crippen molar-refractivity contribution in [2.75, 3.05) is 26.3 Å². The highest BCUT2D eigenvalue weighted by atomic mass is 16.5. The molecule has 0 aromatic heterocycles. The zero-order chi connectivity index (χ0) is 13.7. The summed E-state index contributed by atoms with van der Waals surface area (Å²) in [6.45, 7) is 8.72. The predicted octanol–water partition coefficient (Wildman–Crippen LogP) is 2.64. The monoisotopic (exact) mass is 268 g/mol. The Kier molecular flexibility index (Phi) is 6.11. The molecule has 0 spiro atoms. The fourth-order valence-corrected chi connectivity index (χ4v) is 3.43. The summed E-state index contributed by atoms with van der Waals surface area (Å²) in [6.07, 6.45) is 8.03. The minimum atomic E-state index is 0.301. The van der Waals surface area contributed by atoms with Gasteiger partial charge in [0.15, 0.2) is 0 Å². The van der Waals surface area contributed by atoms with Crippen molar-refractivity contribution in [2.45, 2.75) is 64.5 Å². The Hall–Kier alpha value is -0.120. The molecular weight excluding hydrogens is 236 g/mol. The van der Waals surface area contributed by atoms with Gasteiger partial charge in [0.1, 0.15) is 0 Å². The maximum Gasteiger partial charge on any atom is 0.0510 e. The normalized spacial score (nSPS) is 26.7. The molecule has 3 nitrogen and oxygen atoms in total. The van der Waals surface area contributed by atoms with Gasteiger partial charge in [-0.3, -0.25) is 4.90 Å². The Morgan fingerprint density at radius 3 is 2.53 bits per heavy atom. The van der Waals surface area contributed by atoms with Gasteiger partial charge in [0, 0.05) is 31.2 Å². The van der Waals surface area contributed by atoms with E-state index in [-0.39, 0.29) is 0 Å². The molecule has 2 atom stereocenters. The maximum absolute atomic E-state index is 6.43. The highest BCUT2D eigenvalue weighted by Gasteiger charge is 2.28. The average molecular weight is 268 g/mol. The number of nitrogens with two attached hydrogens (primary N) is 1. The minimum absolute atomic E-state index is 0.301. The molecule has 1 aliphatic carbocycles. The lowest BCUT2D eigenvalue weighted by Crippen LogP contribution is -2.46. The number of nitrogens with zero attached hydrogens (tertiary/aromatic N) is 1. The third kappa shape index (κ3) is 4.73. The molecule has 0 aromatic rings. The van der Waals surface area contributed by atoms with E-state index in [1.807, 2.05) is 0 Å². The second-order valence-corrected chi connectivity index (χ2v) is 6.90. The molecule has 3 heteroatoms. The standard InChI is InChI=1S/C16H32N2O/c1-13(2)7-9-18(15-5-3-4-6-15)11-16(17)14-8-10-19-12-14/h13-16H,3-12,17H2,1-2H3. The summed E-state index contributed by atoms with van der Waals surface area (Å²) in [5.41, 5.74) is 6.43. The van der Waals surface area contributed by atoms with Crippen LogP contribution in [0, 0.1) is 11.8 Å². The van der Waals surface area contributed by atoms with Crippen molar-refractivity contribution < 1.29 is 4.74 Å². The summed E-state index contributed by atoms with van der Waals surface area (Å²) < 4.78 is 5.48. The average Bonchev–Trinajstić information content (AvgIpc) is 3.05. The lowest BCUT2D eigenvalue weighted by Gasteiger charge is -2.33. The topological polar surface area (TPSA) is 38.5 Å². The third-order valence-corrected chi connectivity index (χ3v) is 4.85. The molecule has 1 saturated heterocycles. The summed E-state index contributed by atoms with van der Waals surface area (Å²) in [4.78, 5) is 2.69.